The molecular weight excluding hydrogens is 769 g/mol. The van der Waals surface area contributed by atoms with E-state index in [9.17, 15) is 19.2 Å². The largest absolute Gasteiger partial charge is 0.497 e. The molecule has 3 saturated carbocycles. The van der Waals surface area contributed by atoms with Crippen LogP contribution < -0.4 is 4.74 Å². The number of carbonyl (C=O) groups excluding carboxylic acids is 4. The third kappa shape index (κ3) is 6.59. The molecule has 0 saturated heterocycles. The van der Waals surface area contributed by atoms with Crippen molar-refractivity contribution in [2.45, 2.75) is 152 Å². The molecule has 0 N–H and O–H groups in total. The first-order valence-electron chi connectivity index (χ1n) is 24.4. The van der Waals surface area contributed by atoms with Crippen LogP contribution in [0, 0.1) is 63.6 Å². The number of methoxy groups -OCH3 is 2. The van der Waals surface area contributed by atoms with Crippen LogP contribution in [0.2, 0.25) is 0 Å². The zero-order valence-corrected chi connectivity index (χ0v) is 40.5. The first-order chi connectivity index (χ1) is 29.7. The normalized spacial score (nSPS) is 37.4. The standard InChI is InChI=1S/C29H36O5.C23H30O.2C2H6/c1-17(31)14-23-22-9-7-8-18-12-13-29(26(18,22)2)21-11-10-19(33-5)15-20(21)24(16-30)28(29,4)27(23,3)25(32)34-6;1-4-15-10-14(3)11-17-13-19(21(24)5-2)20-12-16-8-6-7-9-18(16)23(20)22(15)17;2*1-2/h7,9-11,15-16,18,22-24H,8,12-14H2,1-6H3;6-9,14-15,17,19,22H,4-5,10-13H2,1-3H3;2*1-2H3/t18?,22?,23-,24?,26+,27-,28+,29-;14-,15-,17-,19-,22?;;/m11../s1. The van der Waals surface area contributed by atoms with Gasteiger partial charge in [0, 0.05) is 35.5 Å². The predicted octanol–water partition coefficient (Wildman–Crippen LogP) is 12.8. The number of hydrogen-bond acceptors (Lipinski definition) is 6. The van der Waals surface area contributed by atoms with E-state index >= 15 is 0 Å². The van der Waals surface area contributed by atoms with Crippen LogP contribution in [0.4, 0.5) is 0 Å². The number of aldehydes is 1. The van der Waals surface area contributed by atoms with Crippen LogP contribution in [-0.2, 0) is 35.8 Å². The highest BCUT2D eigenvalue weighted by Crippen LogP contribution is 2.84. The highest BCUT2D eigenvalue weighted by molar-refractivity contribution is 5.91. The van der Waals surface area contributed by atoms with Gasteiger partial charge in [0.05, 0.1) is 19.6 Å². The van der Waals surface area contributed by atoms with E-state index in [0.29, 0.717) is 42.1 Å². The minimum atomic E-state index is -1.04. The van der Waals surface area contributed by atoms with Gasteiger partial charge in [-0.1, -0.05) is 117 Å². The average Bonchev–Trinajstić information content (AvgIpc) is 3.91. The molecule has 0 amide bonds. The zero-order valence-electron chi connectivity index (χ0n) is 40.5. The molecule has 0 aliphatic heterocycles. The Morgan fingerprint density at radius 3 is 2.27 bits per heavy atom. The molecule has 3 fully saturated rings. The maximum atomic E-state index is 13.9. The molecule has 1 spiro atoms. The van der Waals surface area contributed by atoms with Crippen LogP contribution in [0.3, 0.4) is 0 Å². The molecule has 6 nitrogen and oxygen atoms in total. The second-order valence-electron chi connectivity index (χ2n) is 20.0. The fourth-order valence-electron chi connectivity index (χ4n) is 15.8. The van der Waals surface area contributed by atoms with Crippen molar-refractivity contribution < 1.29 is 28.7 Å². The summed E-state index contributed by atoms with van der Waals surface area (Å²) < 4.78 is 11.1. The summed E-state index contributed by atoms with van der Waals surface area (Å²) in [6, 6.07) is 15.1. The molecule has 7 aliphatic rings. The summed E-state index contributed by atoms with van der Waals surface area (Å²) in [5.41, 5.74) is 5.80. The highest BCUT2D eigenvalue weighted by Gasteiger charge is 2.83. The number of Topliss-reactive ketones (excluding diaryl/α,β-unsaturated/α-hetero) is 2. The fourth-order valence-corrected chi connectivity index (χ4v) is 15.8. The van der Waals surface area contributed by atoms with E-state index < -0.39 is 22.2 Å². The van der Waals surface area contributed by atoms with Gasteiger partial charge in [-0.15, -0.1) is 0 Å². The van der Waals surface area contributed by atoms with Crippen molar-refractivity contribution in [1.29, 1.82) is 0 Å². The Morgan fingerprint density at radius 2 is 1.65 bits per heavy atom. The summed E-state index contributed by atoms with van der Waals surface area (Å²) in [6.45, 7) is 22.9. The molecule has 4 unspecified atom stereocenters. The van der Waals surface area contributed by atoms with E-state index in [1.165, 1.54) is 48.6 Å². The molecule has 62 heavy (non-hydrogen) atoms. The Kier molecular flexibility index (Phi) is 14.1. The SMILES string of the molecule is CC.CC.CCC(=O)[C@@H]1C[C@H]2C[C@H](C)C[C@@H](CC)C2C2=C1Cc1ccccc12.COC(=O)[C@@]1(C)[C@H](CC(C)=O)C2C=CCC3CC[C@@]4(c5ccc(OC)cc5C(C=O)[C@]41C)[C@@]32C. The van der Waals surface area contributed by atoms with E-state index in [1.54, 1.807) is 19.6 Å². The third-order valence-electron chi connectivity index (χ3n) is 18.2. The molecule has 0 radical (unpaired) electrons. The number of rotatable bonds is 8. The Balaban J connectivity index is 0.000000201. The van der Waals surface area contributed by atoms with Gasteiger partial charge in [-0.25, -0.2) is 0 Å². The number of ketones is 2. The zero-order chi connectivity index (χ0) is 45.5. The molecule has 2 aromatic carbocycles. The van der Waals surface area contributed by atoms with Gasteiger partial charge in [-0.05, 0) is 146 Å². The van der Waals surface area contributed by atoms with Crippen molar-refractivity contribution in [1.82, 2.24) is 0 Å². The number of carbonyl (C=O) groups is 4. The van der Waals surface area contributed by atoms with Gasteiger partial charge in [0.2, 0.25) is 0 Å². The van der Waals surface area contributed by atoms with Crippen molar-refractivity contribution in [3.8, 4) is 5.75 Å². The van der Waals surface area contributed by atoms with Gasteiger partial charge in [-0.3, -0.25) is 9.59 Å². The molecule has 2 aromatic rings. The first-order valence-corrected chi connectivity index (χ1v) is 24.4. The van der Waals surface area contributed by atoms with E-state index in [-0.39, 0.29) is 34.9 Å². The Hall–Kier alpha value is -3.80. The lowest BCUT2D eigenvalue weighted by Gasteiger charge is -2.70. The van der Waals surface area contributed by atoms with Crippen LogP contribution in [-0.4, -0.2) is 38.0 Å². The van der Waals surface area contributed by atoms with Crippen LogP contribution in [0.15, 0.2) is 60.2 Å². The number of allylic oxidation sites excluding steroid dienone is 4. The first kappa shape index (κ1) is 47.7. The lowest BCUT2D eigenvalue weighted by atomic mass is 9.31. The van der Waals surface area contributed by atoms with Gasteiger partial charge in [-0.2, -0.15) is 0 Å². The number of fused-ring (bicyclic) bond motifs is 5. The maximum Gasteiger partial charge on any atom is 0.312 e. The molecule has 0 heterocycles. The van der Waals surface area contributed by atoms with Crippen molar-refractivity contribution >= 4 is 29.4 Å². The van der Waals surface area contributed by atoms with Crippen molar-refractivity contribution in [3.63, 3.8) is 0 Å². The minimum absolute atomic E-state index is 0.0372. The lowest BCUT2D eigenvalue weighted by molar-refractivity contribution is -0.216. The number of hydrogen-bond donors (Lipinski definition) is 0. The maximum absolute atomic E-state index is 13.9. The van der Waals surface area contributed by atoms with Crippen LogP contribution >= 0.6 is 0 Å². The van der Waals surface area contributed by atoms with E-state index in [4.69, 9.17) is 9.47 Å². The topological polar surface area (TPSA) is 86.7 Å². The van der Waals surface area contributed by atoms with Crippen molar-refractivity contribution in [3.05, 3.63) is 82.4 Å². The fraction of sp³-hybridized carbons (Fsp3) is 0.643. The summed E-state index contributed by atoms with van der Waals surface area (Å²) in [5.74, 6) is 3.86. The van der Waals surface area contributed by atoms with Crippen LogP contribution in [0.1, 0.15) is 162 Å². The predicted molar refractivity (Wildman–Crippen MR) is 251 cm³/mol. The second kappa shape index (κ2) is 18.4. The number of ether oxygens (including phenoxy) is 2. The Morgan fingerprint density at radius 1 is 0.935 bits per heavy atom. The van der Waals surface area contributed by atoms with Crippen molar-refractivity contribution in [2.24, 2.45) is 63.6 Å². The molecule has 7 aliphatic carbocycles. The lowest BCUT2D eigenvalue weighted by Crippen LogP contribution is -2.71. The molecule has 0 aromatic heterocycles. The molecule has 13 atom stereocenters. The Bertz CT molecular complexity index is 2080. The van der Waals surface area contributed by atoms with Gasteiger partial charge in [0.25, 0.3) is 0 Å². The van der Waals surface area contributed by atoms with Crippen molar-refractivity contribution in [2.75, 3.05) is 14.2 Å². The van der Waals surface area contributed by atoms with E-state index in [1.807, 2.05) is 53.7 Å². The third-order valence-corrected chi connectivity index (χ3v) is 18.2. The summed E-state index contributed by atoms with van der Waals surface area (Å²) in [6.07, 6.45) is 15.6. The summed E-state index contributed by atoms with van der Waals surface area (Å²) in [4.78, 5) is 52.3. The second-order valence-corrected chi connectivity index (χ2v) is 20.0. The van der Waals surface area contributed by atoms with Crippen LogP contribution in [0.5, 0.6) is 5.75 Å². The molecule has 6 heteroatoms. The highest BCUT2D eigenvalue weighted by atomic mass is 16.5. The smallest absolute Gasteiger partial charge is 0.312 e. The van der Waals surface area contributed by atoms with Gasteiger partial charge in [0.15, 0.2) is 0 Å². The monoisotopic (exact) mass is 847 g/mol. The molecular formula is C56H78O6. The number of benzene rings is 2. The summed E-state index contributed by atoms with van der Waals surface area (Å²) >= 11 is 0. The summed E-state index contributed by atoms with van der Waals surface area (Å²) in [5, 5.41) is 0. The van der Waals surface area contributed by atoms with Gasteiger partial charge in [0.1, 0.15) is 23.6 Å². The quantitative estimate of drug-likeness (QED) is 0.149. The Labute approximate surface area is 374 Å². The van der Waals surface area contributed by atoms with Crippen LogP contribution in [0.25, 0.3) is 5.57 Å². The molecule has 0 bridgehead atoms. The minimum Gasteiger partial charge on any atom is -0.497 e. The number of esters is 1. The van der Waals surface area contributed by atoms with Gasteiger partial charge < -0.3 is 19.1 Å². The average molecular weight is 847 g/mol. The summed E-state index contributed by atoms with van der Waals surface area (Å²) in [7, 11) is 3.06. The van der Waals surface area contributed by atoms with E-state index in [2.05, 4.69) is 70.2 Å². The molecule has 338 valence electrons. The van der Waals surface area contributed by atoms with Gasteiger partial charge >= 0.3 is 5.97 Å². The van der Waals surface area contributed by atoms with E-state index in [0.717, 1.165) is 55.8 Å². The molecule has 9 rings (SSSR count).